The molecule has 2 amide bonds. The van der Waals surface area contributed by atoms with Crippen molar-refractivity contribution in [2.75, 3.05) is 19.6 Å². The summed E-state index contributed by atoms with van der Waals surface area (Å²) < 4.78 is 32.8. The number of nitrogens with zero attached hydrogens (tertiary/aromatic N) is 2. The molecule has 1 fully saturated rings. The largest absolute Gasteiger partial charge is 0.444 e. The van der Waals surface area contributed by atoms with E-state index in [2.05, 4.69) is 15.9 Å². The third-order valence-corrected chi connectivity index (χ3v) is 4.57. The van der Waals surface area contributed by atoms with Crippen LogP contribution in [-0.2, 0) is 4.74 Å². The lowest BCUT2D eigenvalue weighted by atomic mass is 10.1. The monoisotopic (exact) mass is 418 g/mol. The van der Waals surface area contributed by atoms with Gasteiger partial charge in [0.2, 0.25) is 0 Å². The SMILES string of the molecule is CC1CN(C(=O)OC(C)(C)C)CCN1C(=O)c1c(F)ccc(F)c1Br. The molecule has 1 unspecified atom stereocenters. The molecule has 1 saturated heterocycles. The maximum absolute atomic E-state index is 14.0. The second kappa shape index (κ2) is 7.27. The number of benzene rings is 1. The topological polar surface area (TPSA) is 49.9 Å². The first-order chi connectivity index (χ1) is 11.5. The summed E-state index contributed by atoms with van der Waals surface area (Å²) in [7, 11) is 0. The molecule has 25 heavy (non-hydrogen) atoms. The maximum atomic E-state index is 14.0. The first kappa shape index (κ1) is 19.6. The fourth-order valence-electron chi connectivity index (χ4n) is 2.62. The van der Waals surface area contributed by atoms with E-state index in [1.807, 2.05) is 0 Å². The molecule has 5 nitrogen and oxygen atoms in total. The van der Waals surface area contributed by atoms with Gasteiger partial charge >= 0.3 is 6.09 Å². The summed E-state index contributed by atoms with van der Waals surface area (Å²) in [6.07, 6.45) is -0.454. The Morgan fingerprint density at radius 1 is 1.20 bits per heavy atom. The van der Waals surface area contributed by atoms with Gasteiger partial charge in [-0.05, 0) is 55.8 Å². The minimum absolute atomic E-state index is 0.195. The molecule has 0 spiro atoms. The number of ether oxygens (including phenoxy) is 1. The molecule has 2 rings (SSSR count). The van der Waals surface area contributed by atoms with Crippen LogP contribution >= 0.6 is 15.9 Å². The highest BCUT2D eigenvalue weighted by atomic mass is 79.9. The van der Waals surface area contributed by atoms with Crippen molar-refractivity contribution in [2.45, 2.75) is 39.3 Å². The number of halogens is 3. The molecule has 1 aliphatic heterocycles. The summed E-state index contributed by atoms with van der Waals surface area (Å²) in [6.45, 7) is 7.81. The van der Waals surface area contributed by atoms with Gasteiger partial charge in [0.05, 0.1) is 10.0 Å². The predicted octanol–water partition coefficient (Wildman–Crippen LogP) is 3.81. The number of hydrogen-bond donors (Lipinski definition) is 0. The van der Waals surface area contributed by atoms with Gasteiger partial charge in [0.1, 0.15) is 17.2 Å². The van der Waals surface area contributed by atoms with Gasteiger partial charge in [-0.15, -0.1) is 0 Å². The molecule has 0 aliphatic carbocycles. The molecule has 0 aromatic heterocycles. The predicted molar refractivity (Wildman–Crippen MR) is 92.4 cm³/mol. The lowest BCUT2D eigenvalue weighted by Gasteiger charge is -2.40. The lowest BCUT2D eigenvalue weighted by molar-refractivity contribution is 0.00604. The van der Waals surface area contributed by atoms with Crippen LogP contribution in [0.5, 0.6) is 0 Å². The molecule has 8 heteroatoms. The van der Waals surface area contributed by atoms with Crippen LogP contribution in [0.1, 0.15) is 38.1 Å². The molecule has 0 N–H and O–H groups in total. The van der Waals surface area contributed by atoms with E-state index in [0.29, 0.717) is 0 Å². The first-order valence-corrected chi connectivity index (χ1v) is 8.73. The molecule has 1 heterocycles. The van der Waals surface area contributed by atoms with Gasteiger partial charge in [-0.25, -0.2) is 13.6 Å². The molecular formula is C17H21BrF2N2O3. The molecule has 138 valence electrons. The van der Waals surface area contributed by atoms with Crippen molar-refractivity contribution in [3.63, 3.8) is 0 Å². The lowest BCUT2D eigenvalue weighted by Crippen LogP contribution is -2.56. The summed E-state index contributed by atoms with van der Waals surface area (Å²) in [5, 5.41) is 0. The zero-order valence-electron chi connectivity index (χ0n) is 14.6. The van der Waals surface area contributed by atoms with Crippen LogP contribution in [0, 0.1) is 11.6 Å². The Morgan fingerprint density at radius 3 is 2.36 bits per heavy atom. The second-order valence-corrected chi connectivity index (χ2v) is 7.79. The number of hydrogen-bond acceptors (Lipinski definition) is 3. The van der Waals surface area contributed by atoms with Gasteiger partial charge in [0.15, 0.2) is 0 Å². The Labute approximate surface area is 154 Å². The summed E-state index contributed by atoms with van der Waals surface area (Å²) >= 11 is 2.94. The van der Waals surface area contributed by atoms with Crippen LogP contribution in [0.2, 0.25) is 0 Å². The highest BCUT2D eigenvalue weighted by molar-refractivity contribution is 9.10. The van der Waals surface area contributed by atoms with Crippen LogP contribution in [0.4, 0.5) is 13.6 Å². The van der Waals surface area contributed by atoms with E-state index in [9.17, 15) is 18.4 Å². The number of amides is 2. The Bertz CT molecular complexity index is 691. The molecule has 1 aromatic rings. The van der Waals surface area contributed by atoms with E-state index in [4.69, 9.17) is 4.74 Å². The van der Waals surface area contributed by atoms with E-state index in [1.165, 1.54) is 9.80 Å². The molecule has 1 aliphatic rings. The van der Waals surface area contributed by atoms with E-state index in [-0.39, 0.29) is 35.7 Å². The average molecular weight is 419 g/mol. The summed E-state index contributed by atoms with van der Waals surface area (Å²) in [4.78, 5) is 27.8. The fraction of sp³-hybridized carbons (Fsp3) is 0.529. The van der Waals surface area contributed by atoms with Crippen LogP contribution in [0.3, 0.4) is 0 Å². The van der Waals surface area contributed by atoms with E-state index >= 15 is 0 Å². The summed E-state index contributed by atoms with van der Waals surface area (Å²) in [6, 6.07) is 1.53. The number of carbonyl (C=O) groups excluding carboxylic acids is 2. The highest BCUT2D eigenvalue weighted by Crippen LogP contribution is 2.26. The number of carbonyl (C=O) groups is 2. The summed E-state index contributed by atoms with van der Waals surface area (Å²) in [5.74, 6) is -2.11. The minimum atomic E-state index is -0.792. The zero-order valence-corrected chi connectivity index (χ0v) is 16.2. The summed E-state index contributed by atoms with van der Waals surface area (Å²) in [5.41, 5.74) is -0.944. The van der Waals surface area contributed by atoms with Crippen LogP contribution < -0.4 is 0 Å². The van der Waals surface area contributed by atoms with Crippen LogP contribution in [-0.4, -0.2) is 53.1 Å². The van der Waals surface area contributed by atoms with Gasteiger partial charge in [-0.3, -0.25) is 4.79 Å². The van der Waals surface area contributed by atoms with Gasteiger partial charge in [0.25, 0.3) is 5.91 Å². The molecule has 0 saturated carbocycles. The Morgan fingerprint density at radius 2 is 1.80 bits per heavy atom. The van der Waals surface area contributed by atoms with Crippen molar-refractivity contribution in [1.29, 1.82) is 0 Å². The standard InChI is InChI=1S/C17H21BrF2N2O3/c1-10-9-21(16(24)25-17(2,3)4)7-8-22(10)15(23)13-11(19)5-6-12(20)14(13)18/h5-6,10H,7-9H2,1-4H3. The third-order valence-electron chi connectivity index (χ3n) is 3.80. The van der Waals surface area contributed by atoms with Gasteiger partial charge in [-0.2, -0.15) is 0 Å². The highest BCUT2D eigenvalue weighted by Gasteiger charge is 2.34. The molecular weight excluding hydrogens is 398 g/mol. The van der Waals surface area contributed by atoms with Crippen molar-refractivity contribution in [3.8, 4) is 0 Å². The normalized spacial score (nSPS) is 18.3. The number of rotatable bonds is 1. The van der Waals surface area contributed by atoms with Crippen molar-refractivity contribution < 1.29 is 23.1 Å². The van der Waals surface area contributed by atoms with Crippen molar-refractivity contribution >= 4 is 27.9 Å². The molecule has 0 bridgehead atoms. The number of piperazine rings is 1. The van der Waals surface area contributed by atoms with Crippen molar-refractivity contribution in [2.24, 2.45) is 0 Å². The molecule has 0 radical (unpaired) electrons. The van der Waals surface area contributed by atoms with Gasteiger partial charge in [-0.1, -0.05) is 0 Å². The van der Waals surface area contributed by atoms with Crippen molar-refractivity contribution in [1.82, 2.24) is 9.80 Å². The maximum Gasteiger partial charge on any atom is 0.410 e. The van der Waals surface area contributed by atoms with E-state index in [0.717, 1.165) is 12.1 Å². The fourth-order valence-corrected chi connectivity index (χ4v) is 3.11. The Kier molecular flexibility index (Phi) is 5.71. The van der Waals surface area contributed by atoms with Crippen LogP contribution in [0.25, 0.3) is 0 Å². The Balaban J connectivity index is 2.13. The van der Waals surface area contributed by atoms with E-state index in [1.54, 1.807) is 27.7 Å². The van der Waals surface area contributed by atoms with Gasteiger partial charge < -0.3 is 14.5 Å². The minimum Gasteiger partial charge on any atom is -0.444 e. The third kappa shape index (κ3) is 4.48. The van der Waals surface area contributed by atoms with Crippen LogP contribution in [0.15, 0.2) is 16.6 Å². The molecule has 1 atom stereocenters. The van der Waals surface area contributed by atoms with Crippen molar-refractivity contribution in [3.05, 3.63) is 33.8 Å². The molecule has 1 aromatic carbocycles. The quantitative estimate of drug-likeness (QED) is 0.651. The average Bonchev–Trinajstić information content (AvgIpc) is 2.49. The second-order valence-electron chi connectivity index (χ2n) is 6.99. The zero-order chi connectivity index (χ0) is 18.9. The first-order valence-electron chi connectivity index (χ1n) is 7.93. The van der Waals surface area contributed by atoms with E-state index < -0.39 is 29.2 Å². The van der Waals surface area contributed by atoms with Gasteiger partial charge in [0, 0.05) is 25.7 Å². The smallest absolute Gasteiger partial charge is 0.410 e. The Hall–Kier alpha value is -1.70.